The maximum absolute atomic E-state index is 11.8. The molecular formula is C11H21N3O2. The van der Waals surface area contributed by atoms with Gasteiger partial charge in [-0.25, -0.2) is 0 Å². The molecule has 0 spiro atoms. The normalized spacial score (nSPS) is 22.7. The van der Waals surface area contributed by atoms with Crippen LogP contribution < -0.4 is 11.1 Å². The Labute approximate surface area is 96.4 Å². The number of carbonyl (C=O) groups is 2. The third-order valence-corrected chi connectivity index (χ3v) is 2.89. The van der Waals surface area contributed by atoms with Gasteiger partial charge >= 0.3 is 0 Å². The van der Waals surface area contributed by atoms with Gasteiger partial charge in [0.2, 0.25) is 11.8 Å². The Morgan fingerprint density at radius 3 is 2.75 bits per heavy atom. The van der Waals surface area contributed by atoms with E-state index in [2.05, 4.69) is 5.32 Å². The fraction of sp³-hybridized carbons (Fsp3) is 0.818. The van der Waals surface area contributed by atoms with Crippen molar-refractivity contribution in [3.63, 3.8) is 0 Å². The number of piperidine rings is 1. The summed E-state index contributed by atoms with van der Waals surface area (Å²) in [5.74, 6) is -0.0752. The summed E-state index contributed by atoms with van der Waals surface area (Å²) < 4.78 is 0. The molecule has 0 aromatic carbocycles. The number of hydrogen-bond donors (Lipinski definition) is 2. The fourth-order valence-electron chi connectivity index (χ4n) is 2.03. The van der Waals surface area contributed by atoms with E-state index in [0.29, 0.717) is 6.54 Å². The number of rotatable bonds is 3. The molecule has 0 aromatic heterocycles. The number of carbonyl (C=O) groups excluding carboxylic acids is 2. The molecule has 1 aliphatic heterocycles. The summed E-state index contributed by atoms with van der Waals surface area (Å²) in [7, 11) is 0. The van der Waals surface area contributed by atoms with E-state index < -0.39 is 6.04 Å². The quantitative estimate of drug-likeness (QED) is 0.704. The van der Waals surface area contributed by atoms with E-state index in [1.807, 2.05) is 4.90 Å². The lowest BCUT2D eigenvalue weighted by Gasteiger charge is -2.36. The van der Waals surface area contributed by atoms with Crippen molar-refractivity contribution in [1.82, 2.24) is 10.2 Å². The van der Waals surface area contributed by atoms with Crippen LogP contribution in [0.4, 0.5) is 0 Å². The second-order valence-corrected chi connectivity index (χ2v) is 4.41. The van der Waals surface area contributed by atoms with Gasteiger partial charge in [-0.3, -0.25) is 9.59 Å². The molecule has 1 saturated heterocycles. The third-order valence-electron chi connectivity index (χ3n) is 2.89. The number of hydrogen-bond acceptors (Lipinski definition) is 3. The minimum atomic E-state index is -0.460. The Kier molecular flexibility index (Phi) is 4.73. The van der Waals surface area contributed by atoms with Gasteiger partial charge in [-0.05, 0) is 26.2 Å². The van der Waals surface area contributed by atoms with Gasteiger partial charge in [0, 0.05) is 26.1 Å². The third kappa shape index (κ3) is 3.48. The van der Waals surface area contributed by atoms with Crippen LogP contribution in [0.15, 0.2) is 0 Å². The second kappa shape index (κ2) is 5.84. The van der Waals surface area contributed by atoms with Crippen LogP contribution in [0.5, 0.6) is 0 Å². The van der Waals surface area contributed by atoms with Crippen molar-refractivity contribution >= 4 is 11.8 Å². The van der Waals surface area contributed by atoms with Crippen molar-refractivity contribution in [1.29, 1.82) is 0 Å². The monoisotopic (exact) mass is 227 g/mol. The molecule has 0 aliphatic carbocycles. The van der Waals surface area contributed by atoms with Crippen LogP contribution in [-0.4, -0.2) is 41.9 Å². The largest absolute Gasteiger partial charge is 0.354 e. The average Bonchev–Trinajstić information content (AvgIpc) is 2.25. The Balaban J connectivity index is 2.56. The smallest absolute Gasteiger partial charge is 0.239 e. The first-order valence-electron chi connectivity index (χ1n) is 5.83. The molecule has 1 aliphatic rings. The predicted molar refractivity (Wildman–Crippen MR) is 61.7 cm³/mol. The first-order chi connectivity index (χ1) is 7.52. The first-order valence-corrected chi connectivity index (χ1v) is 5.83. The van der Waals surface area contributed by atoms with Crippen LogP contribution >= 0.6 is 0 Å². The molecule has 0 radical (unpaired) electrons. The molecule has 1 rings (SSSR count). The molecule has 5 heteroatoms. The van der Waals surface area contributed by atoms with Crippen molar-refractivity contribution in [3.8, 4) is 0 Å². The van der Waals surface area contributed by atoms with E-state index in [1.165, 1.54) is 6.92 Å². The van der Waals surface area contributed by atoms with E-state index in [0.717, 1.165) is 25.8 Å². The van der Waals surface area contributed by atoms with Crippen LogP contribution in [0, 0.1) is 0 Å². The summed E-state index contributed by atoms with van der Waals surface area (Å²) >= 11 is 0. The highest BCUT2D eigenvalue weighted by Crippen LogP contribution is 2.17. The molecule has 5 nitrogen and oxygen atoms in total. The van der Waals surface area contributed by atoms with Gasteiger partial charge in [0.05, 0.1) is 6.04 Å². The number of nitrogens with zero attached hydrogens (tertiary/aromatic N) is 1. The maximum atomic E-state index is 11.8. The van der Waals surface area contributed by atoms with Crippen LogP contribution in [0.3, 0.4) is 0 Å². The van der Waals surface area contributed by atoms with Crippen molar-refractivity contribution in [2.75, 3.05) is 13.1 Å². The topological polar surface area (TPSA) is 75.4 Å². The highest BCUT2D eigenvalue weighted by molar-refractivity contribution is 5.81. The van der Waals surface area contributed by atoms with Crippen molar-refractivity contribution < 1.29 is 9.59 Å². The molecule has 92 valence electrons. The van der Waals surface area contributed by atoms with Gasteiger partial charge in [0.1, 0.15) is 0 Å². The van der Waals surface area contributed by atoms with Crippen molar-refractivity contribution in [2.45, 2.75) is 45.2 Å². The number of amides is 2. The van der Waals surface area contributed by atoms with Crippen LogP contribution in [0.2, 0.25) is 0 Å². The standard InChI is InChI=1S/C11H21N3O2/c1-8(12)11(16)14-6-4-3-5-10(14)7-13-9(2)15/h8,10H,3-7,12H2,1-2H3,(H,13,15)/t8-,10?/m0/s1. The second-order valence-electron chi connectivity index (χ2n) is 4.41. The Morgan fingerprint density at radius 1 is 1.50 bits per heavy atom. The van der Waals surface area contributed by atoms with Crippen LogP contribution in [0.25, 0.3) is 0 Å². The van der Waals surface area contributed by atoms with E-state index in [4.69, 9.17) is 5.73 Å². The Morgan fingerprint density at radius 2 is 2.19 bits per heavy atom. The van der Waals surface area contributed by atoms with Crippen LogP contribution in [-0.2, 0) is 9.59 Å². The molecule has 1 heterocycles. The Bertz CT molecular complexity index is 266. The zero-order valence-electron chi connectivity index (χ0n) is 10.0. The summed E-state index contributed by atoms with van der Waals surface area (Å²) in [5, 5.41) is 2.77. The molecule has 2 amide bonds. The first kappa shape index (κ1) is 13.0. The molecule has 3 N–H and O–H groups in total. The minimum absolute atomic E-state index is 0.0185. The Hall–Kier alpha value is -1.10. The fourth-order valence-corrected chi connectivity index (χ4v) is 2.03. The predicted octanol–water partition coefficient (Wildman–Crippen LogP) is -0.149. The number of nitrogens with two attached hydrogens (primary N) is 1. The number of nitrogens with one attached hydrogen (secondary N) is 1. The SMILES string of the molecule is CC(=O)NCC1CCCCN1C(=O)[C@H](C)N. The zero-order valence-corrected chi connectivity index (χ0v) is 10.0. The van der Waals surface area contributed by atoms with E-state index >= 15 is 0 Å². The van der Waals surface area contributed by atoms with Gasteiger partial charge in [-0.1, -0.05) is 0 Å². The molecular weight excluding hydrogens is 206 g/mol. The van der Waals surface area contributed by atoms with E-state index in [1.54, 1.807) is 6.92 Å². The summed E-state index contributed by atoms with van der Waals surface area (Å²) in [6.45, 7) is 4.48. The highest BCUT2D eigenvalue weighted by atomic mass is 16.2. The van der Waals surface area contributed by atoms with Gasteiger partial charge in [0.15, 0.2) is 0 Å². The van der Waals surface area contributed by atoms with Gasteiger partial charge < -0.3 is 16.0 Å². The zero-order chi connectivity index (χ0) is 12.1. The van der Waals surface area contributed by atoms with Crippen LogP contribution in [0.1, 0.15) is 33.1 Å². The van der Waals surface area contributed by atoms with Crippen molar-refractivity contribution in [3.05, 3.63) is 0 Å². The lowest BCUT2D eigenvalue weighted by molar-refractivity contribution is -0.136. The van der Waals surface area contributed by atoms with Crippen molar-refractivity contribution in [2.24, 2.45) is 5.73 Å². The summed E-state index contributed by atoms with van der Waals surface area (Å²) in [4.78, 5) is 24.5. The minimum Gasteiger partial charge on any atom is -0.354 e. The van der Waals surface area contributed by atoms with Gasteiger partial charge in [-0.15, -0.1) is 0 Å². The van der Waals surface area contributed by atoms with E-state index in [9.17, 15) is 9.59 Å². The number of likely N-dealkylation sites (tertiary alicyclic amines) is 1. The summed E-state index contributed by atoms with van der Waals surface area (Å²) in [6, 6.07) is -0.353. The van der Waals surface area contributed by atoms with E-state index in [-0.39, 0.29) is 17.9 Å². The molecule has 1 fully saturated rings. The summed E-state index contributed by atoms with van der Waals surface area (Å²) in [5.41, 5.74) is 5.61. The molecule has 0 saturated carbocycles. The summed E-state index contributed by atoms with van der Waals surface area (Å²) in [6.07, 6.45) is 3.07. The highest BCUT2D eigenvalue weighted by Gasteiger charge is 2.28. The van der Waals surface area contributed by atoms with Gasteiger partial charge in [0.25, 0.3) is 0 Å². The lowest BCUT2D eigenvalue weighted by atomic mass is 10.0. The molecule has 0 bridgehead atoms. The molecule has 0 aromatic rings. The maximum Gasteiger partial charge on any atom is 0.239 e. The molecule has 16 heavy (non-hydrogen) atoms. The average molecular weight is 227 g/mol. The lowest BCUT2D eigenvalue weighted by Crippen LogP contribution is -2.53. The molecule has 2 atom stereocenters. The van der Waals surface area contributed by atoms with Gasteiger partial charge in [-0.2, -0.15) is 0 Å². The molecule has 1 unspecified atom stereocenters.